The molecule has 0 fully saturated rings. The van der Waals surface area contributed by atoms with Crippen molar-refractivity contribution in [1.29, 1.82) is 0 Å². The van der Waals surface area contributed by atoms with Crippen molar-refractivity contribution in [3.05, 3.63) is 69.7 Å². The molecule has 4 aromatic rings. The van der Waals surface area contributed by atoms with E-state index in [1.54, 1.807) is 25.4 Å². The lowest BCUT2D eigenvalue weighted by Crippen LogP contribution is -2.14. The lowest BCUT2D eigenvalue weighted by Gasteiger charge is -2.07. The van der Waals surface area contributed by atoms with Crippen molar-refractivity contribution in [3.8, 4) is 5.75 Å². The van der Waals surface area contributed by atoms with Crippen LogP contribution in [-0.2, 0) is 5.75 Å². The van der Waals surface area contributed by atoms with Gasteiger partial charge in [0.1, 0.15) is 11.4 Å². The lowest BCUT2D eigenvalue weighted by atomic mass is 10.3. The molecule has 0 saturated heterocycles. The molecule has 0 atom stereocenters. The summed E-state index contributed by atoms with van der Waals surface area (Å²) in [5.41, 5.74) is 1.88. The minimum absolute atomic E-state index is 0.168. The number of nitrogens with zero attached hydrogens (tertiary/aromatic N) is 4. The van der Waals surface area contributed by atoms with Crippen LogP contribution >= 0.6 is 34.7 Å². The molecule has 1 N–H and O–H groups in total. The minimum atomic E-state index is -0.168. The van der Waals surface area contributed by atoms with Crippen molar-refractivity contribution in [1.82, 2.24) is 19.6 Å². The zero-order valence-corrected chi connectivity index (χ0v) is 17.0. The van der Waals surface area contributed by atoms with Crippen LogP contribution in [0.4, 0.5) is 10.8 Å². The molecule has 4 rings (SSSR count). The predicted octanol–water partition coefficient (Wildman–Crippen LogP) is 4.24. The summed E-state index contributed by atoms with van der Waals surface area (Å²) in [4.78, 5) is 16.7. The monoisotopic (exact) mass is 431 g/mol. The second-order valence-corrected chi connectivity index (χ2v) is 8.28. The van der Waals surface area contributed by atoms with Crippen LogP contribution < -0.4 is 15.6 Å². The average molecular weight is 432 g/mol. The van der Waals surface area contributed by atoms with E-state index in [-0.39, 0.29) is 5.56 Å². The molecule has 3 aromatic heterocycles. The summed E-state index contributed by atoms with van der Waals surface area (Å²) in [5, 5.41) is 12.7. The molecule has 0 radical (unpaired) electrons. The van der Waals surface area contributed by atoms with E-state index < -0.39 is 0 Å². The van der Waals surface area contributed by atoms with Gasteiger partial charge in [0.05, 0.1) is 23.5 Å². The highest BCUT2D eigenvalue weighted by atomic mass is 35.5. The number of aromatic nitrogens is 4. The van der Waals surface area contributed by atoms with Gasteiger partial charge in [-0.05, 0) is 24.3 Å². The Bertz CT molecular complexity index is 1190. The number of fused-ring (bicyclic) bond motifs is 1. The number of thioether (sulfide) groups is 1. The van der Waals surface area contributed by atoms with Crippen LogP contribution in [0.2, 0.25) is 5.02 Å². The van der Waals surface area contributed by atoms with Gasteiger partial charge in [0, 0.05) is 18.0 Å². The number of para-hydroxylation sites is 2. The third-order valence-electron chi connectivity index (χ3n) is 3.78. The third kappa shape index (κ3) is 4.11. The number of pyridine rings is 1. The first-order valence-corrected chi connectivity index (χ1v) is 10.3. The Morgan fingerprint density at radius 1 is 1.25 bits per heavy atom. The molecule has 0 aliphatic heterocycles. The standard InChI is InChI=1S/C18H14ClN5O2S2/c1-26-14-5-3-2-4-13(14)21-17-22-23-18(28-17)27-10-12-8-16(25)24-9-11(19)6-7-15(24)20-12/h2-9H,10H2,1H3,(H,21,22). The summed E-state index contributed by atoms with van der Waals surface area (Å²) in [6, 6.07) is 12.5. The van der Waals surface area contributed by atoms with Crippen molar-refractivity contribution >= 4 is 51.2 Å². The fraction of sp³-hybridized carbons (Fsp3) is 0.111. The molecule has 10 heteroatoms. The fourth-order valence-electron chi connectivity index (χ4n) is 2.52. The van der Waals surface area contributed by atoms with Gasteiger partial charge >= 0.3 is 0 Å². The van der Waals surface area contributed by atoms with Crippen LogP contribution in [-0.4, -0.2) is 26.7 Å². The van der Waals surface area contributed by atoms with Crippen LogP contribution in [0.5, 0.6) is 5.75 Å². The maximum Gasteiger partial charge on any atom is 0.258 e. The Morgan fingerprint density at radius 3 is 2.96 bits per heavy atom. The Hall–Kier alpha value is -2.62. The number of hydrogen-bond acceptors (Lipinski definition) is 8. The highest BCUT2D eigenvalue weighted by Gasteiger charge is 2.10. The number of nitrogens with one attached hydrogen (secondary N) is 1. The molecular weight excluding hydrogens is 418 g/mol. The maximum atomic E-state index is 12.2. The van der Waals surface area contributed by atoms with E-state index >= 15 is 0 Å². The zero-order chi connectivity index (χ0) is 19.5. The molecule has 7 nitrogen and oxygen atoms in total. The molecular formula is C18H14ClN5O2S2. The van der Waals surface area contributed by atoms with E-state index in [9.17, 15) is 4.79 Å². The van der Waals surface area contributed by atoms with Crippen LogP contribution in [0.3, 0.4) is 0 Å². The fourth-order valence-corrected chi connectivity index (χ4v) is 4.33. The van der Waals surface area contributed by atoms with Crippen LogP contribution in [0, 0.1) is 0 Å². The molecule has 1 aromatic carbocycles. The number of anilines is 2. The van der Waals surface area contributed by atoms with E-state index in [1.807, 2.05) is 24.3 Å². The van der Waals surface area contributed by atoms with Gasteiger partial charge in [-0.15, -0.1) is 10.2 Å². The second-order valence-electron chi connectivity index (χ2n) is 5.65. The number of halogens is 1. The Labute approximate surface area is 173 Å². The van der Waals surface area contributed by atoms with Crippen LogP contribution in [0.25, 0.3) is 5.65 Å². The van der Waals surface area contributed by atoms with Gasteiger partial charge in [-0.3, -0.25) is 9.20 Å². The number of ether oxygens (including phenoxy) is 1. The summed E-state index contributed by atoms with van der Waals surface area (Å²) in [5.74, 6) is 1.24. The molecule has 0 aliphatic rings. The number of methoxy groups -OCH3 is 1. The summed E-state index contributed by atoms with van der Waals surface area (Å²) >= 11 is 8.83. The topological polar surface area (TPSA) is 81.4 Å². The first kappa shape index (κ1) is 18.7. The normalized spacial score (nSPS) is 10.9. The molecule has 0 aliphatic carbocycles. The van der Waals surface area contributed by atoms with Gasteiger partial charge in [-0.2, -0.15) is 0 Å². The quantitative estimate of drug-likeness (QED) is 0.457. The SMILES string of the molecule is COc1ccccc1Nc1nnc(SCc2cc(=O)n3cc(Cl)ccc3n2)s1. The van der Waals surface area contributed by atoms with Crippen molar-refractivity contribution in [3.63, 3.8) is 0 Å². The van der Waals surface area contributed by atoms with Gasteiger partial charge in [-0.1, -0.05) is 46.8 Å². The largest absolute Gasteiger partial charge is 0.495 e. The van der Waals surface area contributed by atoms with E-state index in [0.717, 1.165) is 15.8 Å². The van der Waals surface area contributed by atoms with Gasteiger partial charge in [-0.25, -0.2) is 4.98 Å². The van der Waals surface area contributed by atoms with Gasteiger partial charge < -0.3 is 10.1 Å². The van der Waals surface area contributed by atoms with Crippen LogP contribution in [0.15, 0.2) is 57.8 Å². The highest BCUT2D eigenvalue weighted by Crippen LogP contribution is 2.32. The first-order valence-electron chi connectivity index (χ1n) is 8.16. The van der Waals surface area contributed by atoms with E-state index in [2.05, 4.69) is 20.5 Å². The zero-order valence-electron chi connectivity index (χ0n) is 14.6. The second kappa shape index (κ2) is 8.17. The summed E-state index contributed by atoms with van der Waals surface area (Å²) < 4.78 is 7.52. The molecule has 142 valence electrons. The minimum Gasteiger partial charge on any atom is -0.495 e. The summed E-state index contributed by atoms with van der Waals surface area (Å²) in [7, 11) is 1.62. The smallest absolute Gasteiger partial charge is 0.258 e. The molecule has 0 amide bonds. The Balaban J connectivity index is 1.47. The summed E-state index contributed by atoms with van der Waals surface area (Å²) in [6.45, 7) is 0. The van der Waals surface area contributed by atoms with Gasteiger partial charge in [0.2, 0.25) is 5.13 Å². The van der Waals surface area contributed by atoms with Crippen molar-refractivity contribution < 1.29 is 4.74 Å². The first-order chi connectivity index (χ1) is 13.6. The molecule has 0 saturated carbocycles. The highest BCUT2D eigenvalue weighted by molar-refractivity contribution is 8.00. The predicted molar refractivity (Wildman–Crippen MR) is 112 cm³/mol. The number of rotatable bonds is 6. The number of benzene rings is 1. The Kier molecular flexibility index (Phi) is 5.47. The lowest BCUT2D eigenvalue weighted by molar-refractivity contribution is 0.417. The van der Waals surface area contributed by atoms with Crippen molar-refractivity contribution in [2.75, 3.05) is 12.4 Å². The molecule has 3 heterocycles. The number of hydrogen-bond donors (Lipinski definition) is 1. The molecule has 28 heavy (non-hydrogen) atoms. The average Bonchev–Trinajstić information content (AvgIpc) is 3.15. The van der Waals surface area contributed by atoms with Crippen molar-refractivity contribution in [2.45, 2.75) is 10.1 Å². The van der Waals surface area contributed by atoms with Gasteiger partial charge in [0.15, 0.2) is 4.34 Å². The van der Waals surface area contributed by atoms with Gasteiger partial charge in [0.25, 0.3) is 5.56 Å². The van der Waals surface area contributed by atoms with E-state index in [4.69, 9.17) is 16.3 Å². The molecule has 0 spiro atoms. The maximum absolute atomic E-state index is 12.2. The van der Waals surface area contributed by atoms with E-state index in [1.165, 1.54) is 33.6 Å². The molecule has 0 unspecified atom stereocenters. The van der Waals surface area contributed by atoms with Crippen molar-refractivity contribution in [2.24, 2.45) is 0 Å². The Morgan fingerprint density at radius 2 is 2.11 bits per heavy atom. The van der Waals surface area contributed by atoms with Crippen LogP contribution in [0.1, 0.15) is 5.69 Å². The third-order valence-corrected chi connectivity index (χ3v) is 6.00. The molecule has 0 bridgehead atoms. The summed E-state index contributed by atoms with van der Waals surface area (Å²) in [6.07, 6.45) is 1.56. The van der Waals surface area contributed by atoms with E-state index in [0.29, 0.717) is 27.2 Å².